The van der Waals surface area contributed by atoms with E-state index in [9.17, 15) is 0 Å². The predicted octanol–water partition coefficient (Wildman–Crippen LogP) is 3.96. The Balaban J connectivity index is 1.97. The van der Waals surface area contributed by atoms with Crippen LogP contribution in [0.5, 0.6) is 0 Å². The van der Waals surface area contributed by atoms with Crippen molar-refractivity contribution in [3.8, 4) is 0 Å². The van der Waals surface area contributed by atoms with E-state index in [1.807, 2.05) is 23.9 Å². The molecule has 1 N–H and O–H groups in total. The maximum atomic E-state index is 6.18. The summed E-state index contributed by atoms with van der Waals surface area (Å²) in [5, 5.41) is 4.99. The van der Waals surface area contributed by atoms with Crippen LogP contribution in [0.25, 0.3) is 0 Å². The van der Waals surface area contributed by atoms with E-state index < -0.39 is 0 Å². The molecule has 1 aromatic rings. The van der Waals surface area contributed by atoms with Crippen LogP contribution in [0, 0.1) is 0 Å². The van der Waals surface area contributed by atoms with E-state index >= 15 is 0 Å². The third-order valence-electron chi connectivity index (χ3n) is 3.16. The molecule has 1 fully saturated rings. The van der Waals surface area contributed by atoms with Gasteiger partial charge < -0.3 is 5.32 Å². The van der Waals surface area contributed by atoms with Crippen molar-refractivity contribution >= 4 is 23.4 Å². The molecule has 0 saturated heterocycles. The SMILES string of the molecule is CNC1CCCC(Sc2ccccc2Cl)C1. The molecule has 0 heterocycles. The van der Waals surface area contributed by atoms with Gasteiger partial charge in [0, 0.05) is 16.2 Å². The van der Waals surface area contributed by atoms with Gasteiger partial charge in [-0.2, -0.15) is 0 Å². The van der Waals surface area contributed by atoms with Crippen LogP contribution in [-0.2, 0) is 0 Å². The van der Waals surface area contributed by atoms with E-state index in [4.69, 9.17) is 11.6 Å². The lowest BCUT2D eigenvalue weighted by atomic mass is 9.95. The van der Waals surface area contributed by atoms with E-state index in [0.29, 0.717) is 11.3 Å². The van der Waals surface area contributed by atoms with Crippen LogP contribution in [0.3, 0.4) is 0 Å². The van der Waals surface area contributed by atoms with Crippen molar-refractivity contribution in [3.05, 3.63) is 29.3 Å². The minimum atomic E-state index is 0.689. The second-order valence-electron chi connectivity index (χ2n) is 4.32. The summed E-state index contributed by atoms with van der Waals surface area (Å²) in [6, 6.07) is 8.84. The van der Waals surface area contributed by atoms with Crippen molar-refractivity contribution in [1.82, 2.24) is 5.32 Å². The molecule has 0 bridgehead atoms. The third kappa shape index (κ3) is 3.16. The molecular formula is C13H18ClNS. The highest BCUT2D eigenvalue weighted by Crippen LogP contribution is 2.36. The summed E-state index contributed by atoms with van der Waals surface area (Å²) < 4.78 is 0. The van der Waals surface area contributed by atoms with Gasteiger partial charge in [0.1, 0.15) is 0 Å². The van der Waals surface area contributed by atoms with Crippen LogP contribution in [0.1, 0.15) is 25.7 Å². The van der Waals surface area contributed by atoms with Gasteiger partial charge in [-0.15, -0.1) is 11.8 Å². The van der Waals surface area contributed by atoms with Crippen LogP contribution in [0.4, 0.5) is 0 Å². The first-order valence-electron chi connectivity index (χ1n) is 5.88. The van der Waals surface area contributed by atoms with Crippen molar-refractivity contribution in [2.24, 2.45) is 0 Å². The first kappa shape index (κ1) is 12.3. The summed E-state index contributed by atoms with van der Waals surface area (Å²) in [5.41, 5.74) is 0. The first-order chi connectivity index (χ1) is 7.79. The topological polar surface area (TPSA) is 12.0 Å². The van der Waals surface area contributed by atoms with Gasteiger partial charge in [0.25, 0.3) is 0 Å². The second-order valence-corrected chi connectivity index (χ2v) is 6.07. The average molecular weight is 256 g/mol. The van der Waals surface area contributed by atoms with Gasteiger partial charge >= 0.3 is 0 Å². The molecule has 2 rings (SSSR count). The average Bonchev–Trinajstić information content (AvgIpc) is 2.32. The smallest absolute Gasteiger partial charge is 0.0541 e. The Morgan fingerprint density at radius 2 is 2.12 bits per heavy atom. The maximum Gasteiger partial charge on any atom is 0.0541 e. The Morgan fingerprint density at radius 3 is 2.88 bits per heavy atom. The summed E-state index contributed by atoms with van der Waals surface area (Å²) in [6.45, 7) is 0. The lowest BCUT2D eigenvalue weighted by Crippen LogP contribution is -2.32. The molecular weight excluding hydrogens is 238 g/mol. The lowest BCUT2D eigenvalue weighted by molar-refractivity contribution is 0.402. The number of hydrogen-bond donors (Lipinski definition) is 1. The van der Waals surface area contributed by atoms with Gasteiger partial charge in [-0.3, -0.25) is 0 Å². The van der Waals surface area contributed by atoms with Crippen LogP contribution in [-0.4, -0.2) is 18.3 Å². The molecule has 0 spiro atoms. The molecule has 16 heavy (non-hydrogen) atoms. The quantitative estimate of drug-likeness (QED) is 0.877. The largest absolute Gasteiger partial charge is 0.317 e. The van der Waals surface area contributed by atoms with Crippen molar-refractivity contribution in [2.45, 2.75) is 41.9 Å². The number of rotatable bonds is 3. The normalized spacial score (nSPS) is 25.6. The molecule has 1 aliphatic carbocycles. The van der Waals surface area contributed by atoms with Gasteiger partial charge in [0.15, 0.2) is 0 Å². The summed E-state index contributed by atoms with van der Waals surface area (Å²) in [7, 11) is 2.06. The zero-order valence-corrected chi connectivity index (χ0v) is 11.2. The Morgan fingerprint density at radius 1 is 1.31 bits per heavy atom. The fourth-order valence-corrected chi connectivity index (χ4v) is 3.81. The third-order valence-corrected chi connectivity index (χ3v) is 4.98. The number of thioether (sulfide) groups is 1. The van der Waals surface area contributed by atoms with E-state index in [-0.39, 0.29) is 0 Å². The molecule has 1 aromatic carbocycles. The summed E-state index contributed by atoms with van der Waals surface area (Å²) in [4.78, 5) is 1.23. The zero-order valence-electron chi connectivity index (χ0n) is 9.58. The number of halogens is 1. The van der Waals surface area contributed by atoms with E-state index in [1.54, 1.807) is 0 Å². The Bertz CT molecular complexity index is 342. The first-order valence-corrected chi connectivity index (χ1v) is 7.14. The second kappa shape index (κ2) is 5.95. The van der Waals surface area contributed by atoms with E-state index in [2.05, 4.69) is 24.5 Å². The highest BCUT2D eigenvalue weighted by atomic mass is 35.5. The number of hydrogen-bond acceptors (Lipinski definition) is 2. The van der Waals surface area contributed by atoms with Crippen LogP contribution in [0.15, 0.2) is 29.2 Å². The van der Waals surface area contributed by atoms with Gasteiger partial charge in [-0.05, 0) is 38.4 Å². The predicted molar refractivity (Wildman–Crippen MR) is 72.4 cm³/mol. The van der Waals surface area contributed by atoms with Gasteiger partial charge in [-0.25, -0.2) is 0 Å². The molecule has 3 heteroatoms. The molecule has 0 aromatic heterocycles. The Kier molecular flexibility index (Phi) is 4.56. The van der Waals surface area contributed by atoms with Gasteiger partial charge in [0.05, 0.1) is 5.02 Å². The summed E-state index contributed by atoms with van der Waals surface area (Å²) >= 11 is 8.12. The fraction of sp³-hybridized carbons (Fsp3) is 0.538. The van der Waals surface area contributed by atoms with Crippen LogP contribution < -0.4 is 5.32 Å². The fourth-order valence-electron chi connectivity index (χ4n) is 2.23. The van der Waals surface area contributed by atoms with E-state index in [1.165, 1.54) is 30.6 Å². The molecule has 88 valence electrons. The van der Waals surface area contributed by atoms with Crippen molar-refractivity contribution in [3.63, 3.8) is 0 Å². The van der Waals surface area contributed by atoms with E-state index in [0.717, 1.165) is 5.02 Å². The van der Waals surface area contributed by atoms with Crippen LogP contribution in [0.2, 0.25) is 5.02 Å². The summed E-state index contributed by atoms with van der Waals surface area (Å²) in [6.07, 6.45) is 5.21. The number of nitrogens with one attached hydrogen (secondary N) is 1. The van der Waals surface area contributed by atoms with Crippen LogP contribution >= 0.6 is 23.4 Å². The molecule has 1 saturated carbocycles. The Labute approximate surface area is 107 Å². The molecule has 2 unspecified atom stereocenters. The maximum absolute atomic E-state index is 6.18. The van der Waals surface area contributed by atoms with Crippen molar-refractivity contribution in [2.75, 3.05) is 7.05 Å². The highest BCUT2D eigenvalue weighted by Gasteiger charge is 2.21. The molecule has 2 atom stereocenters. The van der Waals surface area contributed by atoms with Crippen molar-refractivity contribution < 1.29 is 0 Å². The zero-order chi connectivity index (χ0) is 11.4. The van der Waals surface area contributed by atoms with Crippen molar-refractivity contribution in [1.29, 1.82) is 0 Å². The molecule has 1 aliphatic rings. The minimum absolute atomic E-state index is 0.689. The number of benzene rings is 1. The highest BCUT2D eigenvalue weighted by molar-refractivity contribution is 8.00. The summed E-state index contributed by atoms with van der Waals surface area (Å²) in [5.74, 6) is 0. The van der Waals surface area contributed by atoms with Gasteiger partial charge in [-0.1, -0.05) is 30.2 Å². The molecule has 0 radical (unpaired) electrons. The monoisotopic (exact) mass is 255 g/mol. The molecule has 0 aliphatic heterocycles. The Hall–Kier alpha value is -0.180. The van der Waals surface area contributed by atoms with Gasteiger partial charge in [0.2, 0.25) is 0 Å². The molecule has 0 amide bonds. The standard InChI is InChI=1S/C13H18ClNS/c1-15-10-5-4-6-11(9-10)16-13-8-3-2-7-12(13)14/h2-3,7-8,10-11,15H,4-6,9H2,1H3. The lowest BCUT2D eigenvalue weighted by Gasteiger charge is -2.28. The minimum Gasteiger partial charge on any atom is -0.317 e. The molecule has 1 nitrogen and oxygen atoms in total.